The van der Waals surface area contributed by atoms with Crippen molar-refractivity contribution in [2.24, 2.45) is 0 Å². The summed E-state index contributed by atoms with van der Waals surface area (Å²) in [5.41, 5.74) is 8.46. The molecule has 8 bridgehead atoms. The molecule has 8 heteroatoms. The molecule has 34 heavy (non-hydrogen) atoms. The van der Waals surface area contributed by atoms with Crippen molar-refractivity contribution in [2.45, 2.75) is 4.90 Å². The number of nitrogens with one attached hydrogen (secondary N) is 2. The molecule has 0 saturated carbocycles. The zero-order valence-electron chi connectivity index (χ0n) is 17.7. The van der Waals surface area contributed by atoms with E-state index in [2.05, 4.69) is 15.0 Å². The minimum atomic E-state index is -4.26. The van der Waals surface area contributed by atoms with Crippen LogP contribution in [0.15, 0.2) is 77.7 Å². The minimum Gasteiger partial charge on any atom is -0.355 e. The SMILES string of the molecule is O=S(=O)(O)c1ccc(C2=Cc3cc4ccc(cc5ccc(cc6nc(cc2n3)C=C6)[nH]5)[nH]4)cc1. The number of hydrogen-bond acceptors (Lipinski definition) is 4. The van der Waals surface area contributed by atoms with Crippen LogP contribution in [-0.4, -0.2) is 32.9 Å². The molecule has 5 heterocycles. The number of nitrogens with zero attached hydrogens (tertiary/aromatic N) is 2. The Labute approximate surface area is 194 Å². The highest BCUT2D eigenvalue weighted by Crippen LogP contribution is 2.30. The average Bonchev–Trinajstić information content (AvgIpc) is 3.58. The van der Waals surface area contributed by atoms with Crippen molar-refractivity contribution in [3.63, 3.8) is 0 Å². The Morgan fingerprint density at radius 3 is 1.82 bits per heavy atom. The van der Waals surface area contributed by atoms with E-state index in [1.54, 1.807) is 12.1 Å². The monoisotopic (exact) mass is 466 g/mol. The Bertz CT molecular complexity index is 1780. The summed E-state index contributed by atoms with van der Waals surface area (Å²) < 4.78 is 32.2. The molecule has 0 spiro atoms. The first-order chi connectivity index (χ1) is 16.4. The molecule has 3 aromatic heterocycles. The fraction of sp³-hybridized carbons (Fsp3) is 0. The van der Waals surface area contributed by atoms with Gasteiger partial charge in [-0.1, -0.05) is 12.1 Å². The summed E-state index contributed by atoms with van der Waals surface area (Å²) in [6, 6.07) is 22.0. The van der Waals surface area contributed by atoms with E-state index in [1.165, 1.54) is 12.1 Å². The van der Waals surface area contributed by atoms with Gasteiger partial charge in [0.25, 0.3) is 10.1 Å². The second kappa shape index (κ2) is 7.65. The van der Waals surface area contributed by atoms with Gasteiger partial charge in [-0.2, -0.15) is 8.42 Å². The molecule has 0 radical (unpaired) electrons. The van der Waals surface area contributed by atoms with Crippen molar-refractivity contribution < 1.29 is 13.0 Å². The molecule has 2 aliphatic heterocycles. The van der Waals surface area contributed by atoms with Gasteiger partial charge in [-0.3, -0.25) is 4.55 Å². The molecule has 166 valence electrons. The van der Waals surface area contributed by atoms with Crippen molar-refractivity contribution in [1.29, 1.82) is 0 Å². The molecule has 0 fully saturated rings. The summed E-state index contributed by atoms with van der Waals surface area (Å²) in [5, 5.41) is 0. The van der Waals surface area contributed by atoms with Crippen LogP contribution in [0.1, 0.15) is 28.3 Å². The summed E-state index contributed by atoms with van der Waals surface area (Å²) in [5.74, 6) is 0. The predicted octanol–water partition coefficient (Wildman–Crippen LogP) is 5.32. The number of aromatic amines is 2. The van der Waals surface area contributed by atoms with E-state index in [1.807, 2.05) is 66.8 Å². The van der Waals surface area contributed by atoms with Crippen molar-refractivity contribution in [1.82, 2.24) is 19.9 Å². The van der Waals surface area contributed by atoms with Crippen LogP contribution in [0.2, 0.25) is 0 Å². The van der Waals surface area contributed by atoms with Gasteiger partial charge in [0, 0.05) is 27.6 Å². The Morgan fingerprint density at radius 2 is 1.21 bits per heavy atom. The maximum absolute atomic E-state index is 11.4. The van der Waals surface area contributed by atoms with Gasteiger partial charge in [0.1, 0.15) is 0 Å². The van der Waals surface area contributed by atoms with Gasteiger partial charge in [-0.05, 0) is 84.5 Å². The van der Waals surface area contributed by atoms with Crippen molar-refractivity contribution >= 4 is 56.0 Å². The van der Waals surface area contributed by atoms with Gasteiger partial charge in [0.05, 0.1) is 27.7 Å². The normalized spacial score (nSPS) is 13.1. The van der Waals surface area contributed by atoms with Crippen LogP contribution < -0.4 is 0 Å². The first-order valence-electron chi connectivity index (χ1n) is 10.6. The van der Waals surface area contributed by atoms with Crippen molar-refractivity contribution in [3.8, 4) is 0 Å². The van der Waals surface area contributed by atoms with Crippen LogP contribution in [0.4, 0.5) is 0 Å². The summed E-state index contributed by atoms with van der Waals surface area (Å²) >= 11 is 0. The van der Waals surface area contributed by atoms with Crippen LogP contribution in [0, 0.1) is 0 Å². The maximum Gasteiger partial charge on any atom is 0.294 e. The number of fused-ring (bicyclic) bond motifs is 8. The molecule has 0 unspecified atom stereocenters. The van der Waals surface area contributed by atoms with E-state index in [9.17, 15) is 13.0 Å². The molecule has 6 rings (SSSR count). The van der Waals surface area contributed by atoms with E-state index in [0.29, 0.717) is 5.69 Å². The third kappa shape index (κ3) is 3.96. The van der Waals surface area contributed by atoms with Crippen molar-refractivity contribution in [2.75, 3.05) is 0 Å². The Morgan fingerprint density at radius 1 is 0.647 bits per heavy atom. The summed E-state index contributed by atoms with van der Waals surface area (Å²) in [4.78, 5) is 16.1. The number of aromatic nitrogens is 4. The molecule has 7 nitrogen and oxygen atoms in total. The lowest BCUT2D eigenvalue weighted by atomic mass is 10.0. The zero-order valence-corrected chi connectivity index (χ0v) is 18.5. The van der Waals surface area contributed by atoms with Crippen LogP contribution in [0.5, 0.6) is 0 Å². The van der Waals surface area contributed by atoms with E-state index in [0.717, 1.165) is 50.3 Å². The Kier molecular flexibility index (Phi) is 4.58. The van der Waals surface area contributed by atoms with Crippen LogP contribution in [-0.2, 0) is 10.1 Å². The highest BCUT2D eigenvalue weighted by molar-refractivity contribution is 7.85. The molecular formula is C26H18N4O3S. The molecule has 0 aliphatic carbocycles. The maximum atomic E-state index is 11.4. The van der Waals surface area contributed by atoms with Gasteiger partial charge in [0.2, 0.25) is 0 Å². The Balaban J connectivity index is 1.58. The fourth-order valence-corrected chi connectivity index (χ4v) is 4.53. The number of H-pyrrole nitrogens is 2. The average molecular weight is 467 g/mol. The van der Waals surface area contributed by atoms with Crippen molar-refractivity contribution in [3.05, 3.63) is 101 Å². The van der Waals surface area contributed by atoms with E-state index in [-0.39, 0.29) is 4.90 Å². The third-order valence-corrected chi connectivity index (χ3v) is 6.50. The molecule has 0 saturated heterocycles. The van der Waals surface area contributed by atoms with Gasteiger partial charge in [0.15, 0.2) is 0 Å². The lowest BCUT2D eigenvalue weighted by molar-refractivity contribution is 0.483. The highest BCUT2D eigenvalue weighted by Gasteiger charge is 2.15. The van der Waals surface area contributed by atoms with Gasteiger partial charge >= 0.3 is 0 Å². The first kappa shape index (κ1) is 20.3. The molecule has 0 amide bonds. The quantitative estimate of drug-likeness (QED) is 0.299. The second-order valence-corrected chi connectivity index (χ2v) is 9.51. The summed E-state index contributed by atoms with van der Waals surface area (Å²) in [6.45, 7) is 0. The smallest absolute Gasteiger partial charge is 0.294 e. The fourth-order valence-electron chi connectivity index (χ4n) is 4.05. The zero-order chi connectivity index (χ0) is 23.3. The Hall–Kier alpha value is -4.27. The van der Waals surface area contributed by atoms with Crippen LogP contribution >= 0.6 is 0 Å². The number of rotatable bonds is 2. The lowest BCUT2D eigenvalue weighted by Gasteiger charge is -2.03. The largest absolute Gasteiger partial charge is 0.355 e. The third-order valence-electron chi connectivity index (χ3n) is 5.63. The lowest BCUT2D eigenvalue weighted by Crippen LogP contribution is -1.97. The van der Waals surface area contributed by atoms with Crippen LogP contribution in [0.3, 0.4) is 0 Å². The standard InChI is InChI=1S/C26H18N4O3S/c31-34(32,33)24-9-1-16(2-10-24)25-14-23-13-21-6-5-19(28-21)11-17-3-4-18(27-17)12-20-7-8-22(29-20)15-26(25)30-23/h1-15,27-28H,(H,31,32,33). The molecule has 1 aromatic carbocycles. The van der Waals surface area contributed by atoms with Gasteiger partial charge in [-0.15, -0.1) is 0 Å². The summed E-state index contributed by atoms with van der Waals surface area (Å²) in [7, 11) is -4.26. The van der Waals surface area contributed by atoms with Gasteiger partial charge in [-0.25, -0.2) is 9.97 Å². The topological polar surface area (TPSA) is 112 Å². The van der Waals surface area contributed by atoms with E-state index < -0.39 is 10.1 Å². The highest BCUT2D eigenvalue weighted by atomic mass is 32.2. The van der Waals surface area contributed by atoms with E-state index in [4.69, 9.17) is 4.98 Å². The number of benzene rings is 1. The molecule has 2 aliphatic rings. The van der Waals surface area contributed by atoms with Gasteiger partial charge < -0.3 is 9.97 Å². The second-order valence-electron chi connectivity index (χ2n) is 8.09. The number of hydrogen-bond donors (Lipinski definition) is 3. The van der Waals surface area contributed by atoms with Crippen LogP contribution in [0.25, 0.3) is 45.9 Å². The predicted molar refractivity (Wildman–Crippen MR) is 133 cm³/mol. The molecule has 3 N–H and O–H groups in total. The molecule has 0 atom stereocenters. The van der Waals surface area contributed by atoms with E-state index >= 15 is 0 Å². The summed E-state index contributed by atoms with van der Waals surface area (Å²) in [6.07, 6.45) is 5.82. The minimum absolute atomic E-state index is 0.154. The molecular weight excluding hydrogens is 448 g/mol. The first-order valence-corrected chi connectivity index (χ1v) is 12.0. The molecule has 4 aromatic rings.